The van der Waals surface area contributed by atoms with Crippen LogP contribution in [0.25, 0.3) is 5.57 Å². The molecule has 0 atom stereocenters. The number of carbonyl (C=O) groups is 2. The molecule has 0 aromatic heterocycles. The highest BCUT2D eigenvalue weighted by atomic mass is 16.6. The molecule has 3 heteroatoms. The van der Waals surface area contributed by atoms with Gasteiger partial charge in [0, 0.05) is 0 Å². The average molecular weight is 226 g/mol. The fourth-order valence-corrected chi connectivity index (χ4v) is 2.30. The van der Waals surface area contributed by atoms with Gasteiger partial charge in [0.1, 0.15) is 0 Å². The Bertz CT molecular complexity index is 538. The smallest absolute Gasteiger partial charge is 0.336 e. The molecule has 0 saturated carbocycles. The number of carbonyl (C=O) groups excluding carboxylic acids is 2. The molecular formula is C14H10O3. The summed E-state index contributed by atoms with van der Waals surface area (Å²) in [7, 11) is 0. The van der Waals surface area contributed by atoms with Crippen LogP contribution in [0.3, 0.4) is 0 Å². The largest absolute Gasteiger partial charge is 0.391 e. The van der Waals surface area contributed by atoms with Crippen LogP contribution in [-0.4, -0.2) is 11.9 Å². The molecule has 0 N–H and O–H groups in total. The lowest BCUT2D eigenvalue weighted by atomic mass is 9.69. The molecule has 0 unspecified atom stereocenters. The molecule has 3 nitrogen and oxygen atoms in total. The predicted octanol–water partition coefficient (Wildman–Crippen LogP) is 2.10. The zero-order valence-corrected chi connectivity index (χ0v) is 9.05. The van der Waals surface area contributed by atoms with Gasteiger partial charge in [-0.15, -0.1) is 0 Å². The summed E-state index contributed by atoms with van der Waals surface area (Å²) in [6.07, 6.45) is 5.90. The second kappa shape index (κ2) is 3.42. The molecule has 0 bridgehead atoms. The van der Waals surface area contributed by atoms with Gasteiger partial charge in [0.15, 0.2) is 5.41 Å². The van der Waals surface area contributed by atoms with Crippen molar-refractivity contribution in [3.05, 3.63) is 54.1 Å². The van der Waals surface area contributed by atoms with E-state index in [1.165, 1.54) is 0 Å². The number of rotatable bonds is 1. The van der Waals surface area contributed by atoms with Crippen molar-refractivity contribution in [2.24, 2.45) is 5.41 Å². The highest BCUT2D eigenvalue weighted by Crippen LogP contribution is 2.48. The van der Waals surface area contributed by atoms with Gasteiger partial charge in [0.25, 0.3) is 0 Å². The van der Waals surface area contributed by atoms with Gasteiger partial charge in [-0.05, 0) is 17.6 Å². The minimum Gasteiger partial charge on any atom is -0.391 e. The first-order chi connectivity index (χ1) is 8.25. The van der Waals surface area contributed by atoms with Gasteiger partial charge in [0.05, 0.1) is 0 Å². The topological polar surface area (TPSA) is 43.4 Å². The van der Waals surface area contributed by atoms with Crippen molar-refractivity contribution in [2.45, 2.75) is 6.42 Å². The lowest BCUT2D eigenvalue weighted by molar-refractivity contribution is -0.190. The molecular weight excluding hydrogens is 216 g/mol. The van der Waals surface area contributed by atoms with E-state index in [4.69, 9.17) is 0 Å². The van der Waals surface area contributed by atoms with Gasteiger partial charge in [0.2, 0.25) is 0 Å². The van der Waals surface area contributed by atoms with Crippen molar-refractivity contribution in [3.8, 4) is 0 Å². The summed E-state index contributed by atoms with van der Waals surface area (Å²) >= 11 is 0. The van der Waals surface area contributed by atoms with E-state index in [1.54, 1.807) is 0 Å². The quantitative estimate of drug-likeness (QED) is 0.544. The zero-order chi connectivity index (χ0) is 11.9. The number of allylic oxidation sites excluding steroid dienone is 3. The summed E-state index contributed by atoms with van der Waals surface area (Å²) in [5.41, 5.74) is 0.541. The van der Waals surface area contributed by atoms with Crippen LogP contribution in [0.1, 0.15) is 12.0 Å². The van der Waals surface area contributed by atoms with E-state index >= 15 is 0 Å². The SMILES string of the molecule is O=C1OC(=O)C12CC=CC=C2c1ccccc1. The van der Waals surface area contributed by atoms with E-state index < -0.39 is 17.4 Å². The second-order valence-corrected chi connectivity index (χ2v) is 4.16. The van der Waals surface area contributed by atoms with Crippen LogP contribution in [0.2, 0.25) is 0 Å². The van der Waals surface area contributed by atoms with Crippen LogP contribution in [0.5, 0.6) is 0 Å². The fourth-order valence-electron chi connectivity index (χ4n) is 2.30. The minimum atomic E-state index is -1.09. The van der Waals surface area contributed by atoms with E-state index in [-0.39, 0.29) is 0 Å². The molecule has 0 amide bonds. The van der Waals surface area contributed by atoms with Gasteiger partial charge in [-0.3, -0.25) is 0 Å². The van der Waals surface area contributed by atoms with Crippen LogP contribution < -0.4 is 0 Å². The highest BCUT2D eigenvalue weighted by molar-refractivity contribution is 6.23. The first kappa shape index (κ1) is 10.0. The number of esters is 2. The Labute approximate surface area is 98.4 Å². The highest BCUT2D eigenvalue weighted by Gasteiger charge is 2.61. The van der Waals surface area contributed by atoms with E-state index in [0.717, 1.165) is 11.1 Å². The summed E-state index contributed by atoms with van der Waals surface area (Å²) < 4.78 is 4.53. The van der Waals surface area contributed by atoms with Crippen LogP contribution >= 0.6 is 0 Å². The van der Waals surface area contributed by atoms with Crippen LogP contribution in [0, 0.1) is 5.41 Å². The van der Waals surface area contributed by atoms with Crippen LogP contribution in [0.15, 0.2) is 48.6 Å². The molecule has 1 fully saturated rings. The van der Waals surface area contributed by atoms with E-state index in [9.17, 15) is 9.59 Å². The van der Waals surface area contributed by atoms with Crippen molar-refractivity contribution in [1.82, 2.24) is 0 Å². The third kappa shape index (κ3) is 1.22. The first-order valence-electron chi connectivity index (χ1n) is 5.44. The van der Waals surface area contributed by atoms with E-state index in [1.807, 2.05) is 48.6 Å². The molecule has 2 aliphatic rings. The Kier molecular flexibility index (Phi) is 2.01. The van der Waals surface area contributed by atoms with Gasteiger partial charge in [-0.1, -0.05) is 48.6 Å². The number of hydrogen-bond acceptors (Lipinski definition) is 3. The number of benzene rings is 1. The van der Waals surface area contributed by atoms with Crippen molar-refractivity contribution < 1.29 is 14.3 Å². The summed E-state index contributed by atoms with van der Waals surface area (Å²) in [5, 5.41) is 0. The standard InChI is InChI=1S/C14H10O3/c15-12-14(13(16)17-12)9-5-4-8-11(14)10-6-2-1-3-7-10/h1-8H,9H2. The van der Waals surface area contributed by atoms with E-state index in [2.05, 4.69) is 4.74 Å². The van der Waals surface area contributed by atoms with Crippen molar-refractivity contribution in [1.29, 1.82) is 0 Å². The minimum absolute atomic E-state index is 0.394. The Morgan fingerprint density at radius 1 is 1.06 bits per heavy atom. The molecule has 3 rings (SSSR count). The first-order valence-corrected chi connectivity index (χ1v) is 5.44. The lowest BCUT2D eigenvalue weighted by Gasteiger charge is -2.38. The normalized spacial score (nSPS) is 20.8. The van der Waals surface area contributed by atoms with Crippen molar-refractivity contribution >= 4 is 17.5 Å². The van der Waals surface area contributed by atoms with Crippen LogP contribution in [-0.2, 0) is 14.3 Å². The maximum atomic E-state index is 11.7. The Balaban J connectivity index is 2.13. The molecule has 1 saturated heterocycles. The molecule has 1 heterocycles. The summed E-state index contributed by atoms with van der Waals surface area (Å²) in [4.78, 5) is 23.4. The number of ether oxygens (including phenoxy) is 1. The maximum Gasteiger partial charge on any atom is 0.336 e. The molecule has 1 spiro atoms. The third-order valence-electron chi connectivity index (χ3n) is 3.25. The lowest BCUT2D eigenvalue weighted by Crippen LogP contribution is -2.54. The summed E-state index contributed by atoms with van der Waals surface area (Å²) in [5.74, 6) is -0.885. The average Bonchev–Trinajstić information content (AvgIpc) is 2.40. The molecule has 1 aromatic rings. The van der Waals surface area contributed by atoms with Crippen LogP contribution in [0.4, 0.5) is 0 Å². The Morgan fingerprint density at radius 3 is 2.41 bits per heavy atom. The molecule has 0 radical (unpaired) electrons. The predicted molar refractivity (Wildman–Crippen MR) is 61.7 cm³/mol. The molecule has 1 aromatic carbocycles. The Hall–Kier alpha value is -2.16. The Morgan fingerprint density at radius 2 is 1.76 bits per heavy atom. The van der Waals surface area contributed by atoms with E-state index in [0.29, 0.717) is 6.42 Å². The summed E-state index contributed by atoms with van der Waals surface area (Å²) in [6.45, 7) is 0. The second-order valence-electron chi connectivity index (χ2n) is 4.16. The fraction of sp³-hybridized carbons (Fsp3) is 0.143. The monoisotopic (exact) mass is 226 g/mol. The molecule has 17 heavy (non-hydrogen) atoms. The van der Waals surface area contributed by atoms with Crippen molar-refractivity contribution in [3.63, 3.8) is 0 Å². The number of cyclic esters (lactones) is 2. The molecule has 1 aliphatic carbocycles. The summed E-state index contributed by atoms with van der Waals surface area (Å²) in [6, 6.07) is 9.46. The zero-order valence-electron chi connectivity index (χ0n) is 9.05. The maximum absolute atomic E-state index is 11.7. The molecule has 84 valence electrons. The van der Waals surface area contributed by atoms with Gasteiger partial charge < -0.3 is 4.74 Å². The van der Waals surface area contributed by atoms with Gasteiger partial charge in [-0.25, -0.2) is 9.59 Å². The number of hydrogen-bond donors (Lipinski definition) is 0. The van der Waals surface area contributed by atoms with Crippen molar-refractivity contribution in [2.75, 3.05) is 0 Å². The third-order valence-corrected chi connectivity index (χ3v) is 3.25. The van der Waals surface area contributed by atoms with Gasteiger partial charge >= 0.3 is 11.9 Å². The molecule has 1 aliphatic heterocycles. The van der Waals surface area contributed by atoms with Gasteiger partial charge in [-0.2, -0.15) is 0 Å².